The minimum absolute atomic E-state index is 0.158. The third-order valence-corrected chi connectivity index (χ3v) is 6.63. The molecule has 0 radical (unpaired) electrons. The van der Waals surface area contributed by atoms with Crippen LogP contribution >= 0.6 is 11.6 Å². The molecule has 2 aromatic heterocycles. The van der Waals surface area contributed by atoms with Gasteiger partial charge in [-0.25, -0.2) is 18.4 Å². The van der Waals surface area contributed by atoms with Crippen molar-refractivity contribution in [1.82, 2.24) is 24.4 Å². The number of halogens is 1. The van der Waals surface area contributed by atoms with E-state index in [1.165, 1.54) is 4.31 Å². The molecule has 3 aromatic rings. The molecular formula is C16H14ClN5O3S. The molecule has 0 saturated carbocycles. The monoisotopic (exact) mass is 391 g/mol. The summed E-state index contributed by atoms with van der Waals surface area (Å²) in [7, 11) is -3.61. The van der Waals surface area contributed by atoms with E-state index in [0.717, 1.165) is 0 Å². The Morgan fingerprint density at radius 1 is 1.15 bits per heavy atom. The first-order chi connectivity index (χ1) is 12.5. The Labute approximate surface area is 154 Å². The largest absolute Gasteiger partial charge is 0.338 e. The molecule has 134 valence electrons. The molecule has 26 heavy (non-hydrogen) atoms. The van der Waals surface area contributed by atoms with E-state index in [1.807, 2.05) is 0 Å². The predicted molar refractivity (Wildman–Crippen MR) is 93.0 cm³/mol. The van der Waals surface area contributed by atoms with Crippen LogP contribution in [0.5, 0.6) is 0 Å². The number of nitrogens with zero attached hydrogens (tertiary/aromatic N) is 5. The van der Waals surface area contributed by atoms with Crippen molar-refractivity contribution >= 4 is 21.6 Å². The van der Waals surface area contributed by atoms with Gasteiger partial charge in [-0.1, -0.05) is 22.8 Å². The number of hydrogen-bond donors (Lipinski definition) is 0. The van der Waals surface area contributed by atoms with Crippen LogP contribution in [0.3, 0.4) is 0 Å². The highest BCUT2D eigenvalue weighted by molar-refractivity contribution is 7.89. The van der Waals surface area contributed by atoms with E-state index >= 15 is 0 Å². The van der Waals surface area contributed by atoms with E-state index in [9.17, 15) is 8.42 Å². The summed E-state index contributed by atoms with van der Waals surface area (Å²) >= 11 is 6.04. The van der Waals surface area contributed by atoms with Crippen molar-refractivity contribution in [3.8, 4) is 11.6 Å². The molecule has 0 spiro atoms. The summed E-state index contributed by atoms with van der Waals surface area (Å²) in [6.45, 7) is 2.23. The highest BCUT2D eigenvalue weighted by Crippen LogP contribution is 2.34. The fourth-order valence-electron chi connectivity index (χ4n) is 2.70. The van der Waals surface area contributed by atoms with Crippen molar-refractivity contribution in [2.24, 2.45) is 0 Å². The van der Waals surface area contributed by atoms with Crippen LogP contribution in [-0.2, 0) is 10.0 Å². The molecule has 1 aromatic carbocycles. The molecular weight excluding hydrogens is 378 g/mol. The van der Waals surface area contributed by atoms with Crippen molar-refractivity contribution in [1.29, 1.82) is 0 Å². The van der Waals surface area contributed by atoms with Crippen LogP contribution in [0.2, 0.25) is 5.02 Å². The van der Waals surface area contributed by atoms with Gasteiger partial charge in [0.05, 0.1) is 10.8 Å². The second kappa shape index (κ2) is 6.42. The molecule has 4 rings (SSSR count). The molecule has 0 N–H and O–H groups in total. The van der Waals surface area contributed by atoms with Gasteiger partial charge < -0.3 is 4.52 Å². The van der Waals surface area contributed by atoms with Gasteiger partial charge in [-0.15, -0.1) is 0 Å². The molecule has 8 nitrogen and oxygen atoms in total. The van der Waals surface area contributed by atoms with Crippen LogP contribution in [0, 0.1) is 6.92 Å². The summed E-state index contributed by atoms with van der Waals surface area (Å²) in [5.74, 6) is 0.865. The quantitative estimate of drug-likeness (QED) is 0.672. The lowest BCUT2D eigenvalue weighted by molar-refractivity contribution is 0.216. The van der Waals surface area contributed by atoms with Gasteiger partial charge in [-0.05, 0) is 30.7 Å². The van der Waals surface area contributed by atoms with Crippen molar-refractivity contribution < 1.29 is 12.9 Å². The molecule has 1 aliphatic rings. The smallest absolute Gasteiger partial charge is 0.243 e. The third-order valence-electron chi connectivity index (χ3n) is 4.24. The fraction of sp³-hybridized carbons (Fsp3) is 0.250. The third kappa shape index (κ3) is 2.87. The second-order valence-corrected chi connectivity index (χ2v) is 8.22. The lowest BCUT2D eigenvalue weighted by Gasteiger charge is -2.36. The van der Waals surface area contributed by atoms with Gasteiger partial charge in [0.1, 0.15) is 0 Å². The maximum absolute atomic E-state index is 12.8. The minimum Gasteiger partial charge on any atom is -0.338 e. The standard InChI is InChI=1S/C16H14ClN5O3S/c1-10-12(17)4-2-5-13(10)26(23,24)22-8-11(9-22)16-20-15(21-25-16)14-18-6-3-7-19-14/h2-7,11H,8-9H2,1H3. The van der Waals surface area contributed by atoms with E-state index in [4.69, 9.17) is 16.1 Å². The summed E-state index contributed by atoms with van der Waals surface area (Å²) in [6.07, 6.45) is 3.17. The highest BCUT2D eigenvalue weighted by atomic mass is 35.5. The van der Waals surface area contributed by atoms with Crippen molar-refractivity contribution in [2.75, 3.05) is 13.1 Å². The Morgan fingerprint density at radius 2 is 1.88 bits per heavy atom. The van der Waals surface area contributed by atoms with Gasteiger partial charge in [0.2, 0.25) is 27.6 Å². The molecule has 0 aliphatic carbocycles. The molecule has 1 saturated heterocycles. The molecule has 0 atom stereocenters. The highest BCUT2D eigenvalue weighted by Gasteiger charge is 2.41. The first-order valence-electron chi connectivity index (χ1n) is 7.83. The number of benzene rings is 1. The van der Waals surface area contributed by atoms with Crippen LogP contribution in [0.15, 0.2) is 46.1 Å². The van der Waals surface area contributed by atoms with Crippen LogP contribution in [0.1, 0.15) is 17.4 Å². The van der Waals surface area contributed by atoms with Crippen molar-refractivity contribution in [3.05, 3.63) is 53.1 Å². The zero-order valence-corrected chi connectivity index (χ0v) is 15.3. The summed E-state index contributed by atoms with van der Waals surface area (Å²) in [5, 5.41) is 4.29. The van der Waals surface area contributed by atoms with Crippen LogP contribution in [0.25, 0.3) is 11.6 Å². The number of rotatable bonds is 4. The van der Waals surface area contributed by atoms with E-state index < -0.39 is 10.0 Å². The van der Waals surface area contributed by atoms with E-state index in [2.05, 4.69) is 20.1 Å². The van der Waals surface area contributed by atoms with Gasteiger partial charge in [-0.2, -0.15) is 9.29 Å². The Kier molecular flexibility index (Phi) is 4.22. The van der Waals surface area contributed by atoms with E-state index in [0.29, 0.717) is 22.3 Å². The van der Waals surface area contributed by atoms with Gasteiger partial charge >= 0.3 is 0 Å². The first kappa shape index (κ1) is 17.1. The first-order valence-corrected chi connectivity index (χ1v) is 9.65. The van der Waals surface area contributed by atoms with Crippen LogP contribution in [-0.4, -0.2) is 45.9 Å². The van der Waals surface area contributed by atoms with Crippen LogP contribution < -0.4 is 0 Å². The second-order valence-electron chi connectivity index (χ2n) is 5.91. The lowest BCUT2D eigenvalue weighted by atomic mass is 10.0. The van der Waals surface area contributed by atoms with Gasteiger partial charge in [-0.3, -0.25) is 0 Å². The molecule has 10 heteroatoms. The van der Waals surface area contributed by atoms with Gasteiger partial charge in [0, 0.05) is 30.5 Å². The SMILES string of the molecule is Cc1c(Cl)cccc1S(=O)(=O)N1CC(c2nc(-c3ncccn3)no2)C1. The zero-order chi connectivity index (χ0) is 18.3. The van der Waals surface area contributed by atoms with Gasteiger partial charge in [0.15, 0.2) is 0 Å². The Balaban J connectivity index is 1.50. The maximum atomic E-state index is 12.8. The average molecular weight is 392 g/mol. The minimum atomic E-state index is -3.61. The average Bonchev–Trinajstić information content (AvgIpc) is 3.06. The summed E-state index contributed by atoms with van der Waals surface area (Å²) in [5.41, 5.74) is 0.541. The normalized spacial score (nSPS) is 15.8. The number of sulfonamides is 1. The van der Waals surface area contributed by atoms with Crippen molar-refractivity contribution in [3.63, 3.8) is 0 Å². The van der Waals surface area contributed by atoms with Crippen LogP contribution in [0.4, 0.5) is 0 Å². The van der Waals surface area contributed by atoms with E-state index in [1.54, 1.807) is 43.6 Å². The lowest BCUT2D eigenvalue weighted by Crippen LogP contribution is -2.48. The van der Waals surface area contributed by atoms with E-state index in [-0.39, 0.29) is 29.7 Å². The summed E-state index contributed by atoms with van der Waals surface area (Å²) in [4.78, 5) is 12.6. The number of aromatic nitrogens is 4. The Hall–Kier alpha value is -2.36. The maximum Gasteiger partial charge on any atom is 0.243 e. The molecule has 3 heterocycles. The molecule has 1 fully saturated rings. The topological polar surface area (TPSA) is 102 Å². The molecule has 0 bridgehead atoms. The van der Waals surface area contributed by atoms with Crippen molar-refractivity contribution in [2.45, 2.75) is 17.7 Å². The fourth-order valence-corrected chi connectivity index (χ4v) is 4.71. The molecule has 0 amide bonds. The molecule has 1 aliphatic heterocycles. The summed E-state index contributed by atoms with van der Waals surface area (Å²) < 4.78 is 32.2. The number of hydrogen-bond acceptors (Lipinski definition) is 7. The Bertz CT molecular complexity index is 1050. The van der Waals surface area contributed by atoms with Gasteiger partial charge in [0.25, 0.3) is 0 Å². The predicted octanol–water partition coefficient (Wildman–Crippen LogP) is 2.28. The summed E-state index contributed by atoms with van der Waals surface area (Å²) in [6, 6.07) is 6.54. The molecule has 0 unspecified atom stereocenters. The zero-order valence-electron chi connectivity index (χ0n) is 13.7. The Morgan fingerprint density at radius 3 is 2.62 bits per heavy atom.